The second kappa shape index (κ2) is 4.13. The molecule has 2 aromatic rings. The van der Waals surface area contributed by atoms with Gasteiger partial charge in [-0.2, -0.15) is 0 Å². The maximum atomic E-state index is 13.6. The minimum absolute atomic E-state index is 0.226. The maximum Gasteiger partial charge on any atom is 0.128 e. The molecule has 1 aromatic carbocycles. The van der Waals surface area contributed by atoms with E-state index in [1.54, 1.807) is 17.4 Å². The van der Waals surface area contributed by atoms with Gasteiger partial charge in [0.05, 0.1) is 6.04 Å². The first-order valence-electron chi connectivity index (χ1n) is 4.73. The van der Waals surface area contributed by atoms with Crippen molar-refractivity contribution >= 4 is 11.3 Å². The lowest BCUT2D eigenvalue weighted by atomic mass is 10.0. The molecule has 15 heavy (non-hydrogen) atoms. The normalized spacial score (nSPS) is 12.7. The number of thiophene rings is 1. The molecule has 0 aliphatic heterocycles. The Morgan fingerprint density at radius 3 is 2.73 bits per heavy atom. The van der Waals surface area contributed by atoms with Crippen molar-refractivity contribution < 1.29 is 4.39 Å². The van der Waals surface area contributed by atoms with E-state index in [-0.39, 0.29) is 11.9 Å². The highest BCUT2D eigenvalue weighted by Crippen LogP contribution is 2.25. The van der Waals surface area contributed by atoms with Crippen LogP contribution in [0.15, 0.2) is 35.7 Å². The molecule has 0 radical (unpaired) electrons. The van der Waals surface area contributed by atoms with Crippen LogP contribution in [0, 0.1) is 12.7 Å². The molecule has 0 unspecified atom stereocenters. The minimum atomic E-state index is -0.356. The molecule has 0 saturated heterocycles. The molecule has 0 amide bonds. The van der Waals surface area contributed by atoms with Crippen LogP contribution in [0.1, 0.15) is 22.0 Å². The van der Waals surface area contributed by atoms with Gasteiger partial charge in [0, 0.05) is 10.4 Å². The van der Waals surface area contributed by atoms with Crippen LogP contribution < -0.4 is 5.73 Å². The van der Waals surface area contributed by atoms with E-state index in [2.05, 4.69) is 0 Å². The molecule has 0 fully saturated rings. The highest BCUT2D eigenvalue weighted by molar-refractivity contribution is 7.10. The van der Waals surface area contributed by atoms with Crippen molar-refractivity contribution in [1.82, 2.24) is 0 Å². The van der Waals surface area contributed by atoms with Crippen LogP contribution in [0.2, 0.25) is 0 Å². The molecule has 1 aromatic heterocycles. The minimum Gasteiger partial charge on any atom is -0.320 e. The van der Waals surface area contributed by atoms with E-state index in [1.165, 1.54) is 6.07 Å². The third kappa shape index (κ3) is 2.08. The standard InChI is InChI=1S/C12H12FNS/c1-8-4-5-9(10(13)7-8)12(14)11-3-2-6-15-11/h2-7,12H,14H2,1H3/t12-/m0/s1. The van der Waals surface area contributed by atoms with Gasteiger partial charge in [-0.3, -0.25) is 0 Å². The molecule has 1 nitrogen and oxygen atoms in total. The summed E-state index contributed by atoms with van der Waals surface area (Å²) in [4.78, 5) is 0.984. The zero-order chi connectivity index (χ0) is 10.8. The van der Waals surface area contributed by atoms with Crippen LogP contribution in [-0.4, -0.2) is 0 Å². The summed E-state index contributed by atoms with van der Waals surface area (Å²) >= 11 is 1.55. The lowest BCUT2D eigenvalue weighted by molar-refractivity contribution is 0.600. The fourth-order valence-electron chi connectivity index (χ4n) is 1.51. The van der Waals surface area contributed by atoms with Crippen molar-refractivity contribution in [1.29, 1.82) is 0 Å². The van der Waals surface area contributed by atoms with Crippen molar-refractivity contribution in [2.45, 2.75) is 13.0 Å². The lowest BCUT2D eigenvalue weighted by Gasteiger charge is -2.11. The van der Waals surface area contributed by atoms with E-state index in [0.717, 1.165) is 10.4 Å². The van der Waals surface area contributed by atoms with Crippen LogP contribution in [0.4, 0.5) is 4.39 Å². The van der Waals surface area contributed by atoms with E-state index in [9.17, 15) is 4.39 Å². The number of hydrogen-bond donors (Lipinski definition) is 1. The van der Waals surface area contributed by atoms with Gasteiger partial charge < -0.3 is 5.73 Å². The van der Waals surface area contributed by atoms with E-state index in [4.69, 9.17) is 5.73 Å². The zero-order valence-corrected chi connectivity index (χ0v) is 9.22. The Hall–Kier alpha value is -1.19. The number of nitrogens with two attached hydrogens (primary N) is 1. The van der Waals surface area contributed by atoms with E-state index < -0.39 is 0 Å². The van der Waals surface area contributed by atoms with Crippen LogP contribution in [-0.2, 0) is 0 Å². The highest BCUT2D eigenvalue weighted by atomic mass is 32.1. The second-order valence-electron chi connectivity index (χ2n) is 3.52. The third-order valence-electron chi connectivity index (χ3n) is 2.34. The van der Waals surface area contributed by atoms with Crippen molar-refractivity contribution in [3.05, 3.63) is 57.5 Å². The molecule has 0 aliphatic carbocycles. The fraction of sp³-hybridized carbons (Fsp3) is 0.167. The predicted octanol–water partition coefficient (Wildman–Crippen LogP) is 3.24. The zero-order valence-electron chi connectivity index (χ0n) is 8.41. The molecule has 0 aliphatic rings. The molecule has 1 heterocycles. The van der Waals surface area contributed by atoms with Crippen molar-refractivity contribution in [2.75, 3.05) is 0 Å². The Labute approximate surface area is 92.4 Å². The summed E-state index contributed by atoms with van der Waals surface area (Å²) < 4.78 is 13.6. The van der Waals surface area contributed by atoms with Crippen LogP contribution in [0.5, 0.6) is 0 Å². The molecular weight excluding hydrogens is 209 g/mol. The van der Waals surface area contributed by atoms with Gasteiger partial charge in [-0.1, -0.05) is 18.2 Å². The fourth-order valence-corrected chi connectivity index (χ4v) is 2.25. The monoisotopic (exact) mass is 221 g/mol. The largest absolute Gasteiger partial charge is 0.320 e. The second-order valence-corrected chi connectivity index (χ2v) is 4.50. The predicted molar refractivity (Wildman–Crippen MR) is 61.5 cm³/mol. The summed E-state index contributed by atoms with van der Waals surface area (Å²) in [5.41, 5.74) is 7.45. The molecule has 1 atom stereocenters. The average Bonchev–Trinajstić information content (AvgIpc) is 2.69. The number of benzene rings is 1. The van der Waals surface area contributed by atoms with Gasteiger partial charge >= 0.3 is 0 Å². The average molecular weight is 221 g/mol. The van der Waals surface area contributed by atoms with Gasteiger partial charge in [0.25, 0.3) is 0 Å². The molecule has 0 saturated carbocycles. The molecule has 2 rings (SSSR count). The van der Waals surface area contributed by atoms with E-state index in [0.29, 0.717) is 5.56 Å². The summed E-state index contributed by atoms with van der Waals surface area (Å²) in [5.74, 6) is -0.226. The first-order chi connectivity index (χ1) is 7.18. The van der Waals surface area contributed by atoms with Crippen molar-refractivity contribution in [3.8, 4) is 0 Å². The van der Waals surface area contributed by atoms with Crippen LogP contribution in [0.25, 0.3) is 0 Å². The van der Waals surface area contributed by atoms with Crippen molar-refractivity contribution in [2.24, 2.45) is 5.73 Å². The molecule has 3 heteroatoms. The highest BCUT2D eigenvalue weighted by Gasteiger charge is 2.13. The van der Waals surface area contributed by atoms with E-state index in [1.807, 2.05) is 30.5 Å². The van der Waals surface area contributed by atoms with Crippen LogP contribution in [0.3, 0.4) is 0 Å². The summed E-state index contributed by atoms with van der Waals surface area (Å²) in [7, 11) is 0. The molecule has 0 spiro atoms. The first kappa shape index (κ1) is 10.3. The summed E-state index contributed by atoms with van der Waals surface area (Å²) in [6.07, 6.45) is 0. The quantitative estimate of drug-likeness (QED) is 0.827. The Morgan fingerprint density at radius 2 is 2.13 bits per heavy atom. The Kier molecular flexibility index (Phi) is 2.84. The number of rotatable bonds is 2. The lowest BCUT2D eigenvalue weighted by Crippen LogP contribution is -2.12. The van der Waals surface area contributed by atoms with Gasteiger partial charge in [0.2, 0.25) is 0 Å². The summed E-state index contributed by atoms with van der Waals surface area (Å²) in [5, 5.41) is 1.95. The molecule has 78 valence electrons. The Balaban J connectivity index is 2.38. The molecule has 2 N–H and O–H groups in total. The van der Waals surface area contributed by atoms with Crippen molar-refractivity contribution in [3.63, 3.8) is 0 Å². The molecular formula is C12H12FNS. The van der Waals surface area contributed by atoms with Gasteiger partial charge in [0.1, 0.15) is 5.82 Å². The Bertz CT molecular complexity index is 451. The number of hydrogen-bond acceptors (Lipinski definition) is 2. The first-order valence-corrected chi connectivity index (χ1v) is 5.61. The SMILES string of the molecule is Cc1ccc([C@H](N)c2cccs2)c(F)c1. The van der Waals surface area contributed by atoms with Gasteiger partial charge in [-0.15, -0.1) is 11.3 Å². The smallest absolute Gasteiger partial charge is 0.128 e. The van der Waals surface area contributed by atoms with Crippen LogP contribution >= 0.6 is 11.3 Å². The maximum absolute atomic E-state index is 13.6. The summed E-state index contributed by atoms with van der Waals surface area (Å²) in [6, 6.07) is 8.65. The van der Waals surface area contributed by atoms with Gasteiger partial charge in [0.15, 0.2) is 0 Å². The van der Waals surface area contributed by atoms with Gasteiger partial charge in [-0.05, 0) is 30.0 Å². The summed E-state index contributed by atoms with van der Waals surface area (Å²) in [6.45, 7) is 1.86. The number of halogens is 1. The van der Waals surface area contributed by atoms with Gasteiger partial charge in [-0.25, -0.2) is 4.39 Å². The number of aryl methyl sites for hydroxylation is 1. The third-order valence-corrected chi connectivity index (χ3v) is 3.30. The topological polar surface area (TPSA) is 26.0 Å². The van der Waals surface area contributed by atoms with E-state index >= 15 is 0 Å². The Morgan fingerprint density at radius 1 is 1.33 bits per heavy atom. The molecule has 0 bridgehead atoms.